The second kappa shape index (κ2) is 2.96. The SMILES string of the molecule is CC1=CC(=O)[N+](C)(N2C(=O)C=CC2=O)C1=O. The molecule has 0 fully saturated rings. The van der Waals surface area contributed by atoms with Crippen LogP contribution in [0.1, 0.15) is 6.92 Å². The Hall–Kier alpha value is -2.08. The average Bonchev–Trinajstić information content (AvgIpc) is 2.63. The summed E-state index contributed by atoms with van der Waals surface area (Å²) in [6.07, 6.45) is 3.22. The second-order valence-corrected chi connectivity index (χ2v) is 3.75. The van der Waals surface area contributed by atoms with Crippen LogP contribution in [0.2, 0.25) is 0 Å². The van der Waals surface area contributed by atoms with Crippen LogP contribution < -0.4 is 0 Å². The van der Waals surface area contributed by atoms with Crippen LogP contribution >= 0.6 is 0 Å². The second-order valence-electron chi connectivity index (χ2n) is 3.75. The Morgan fingerprint density at radius 2 is 1.56 bits per heavy atom. The molecule has 2 aliphatic heterocycles. The number of imide groups is 2. The number of quaternary nitrogens is 1. The van der Waals surface area contributed by atoms with Gasteiger partial charge in [-0.25, -0.2) is 9.59 Å². The van der Waals surface area contributed by atoms with Crippen molar-refractivity contribution in [2.24, 2.45) is 0 Å². The van der Waals surface area contributed by atoms with Crippen molar-refractivity contribution in [3.05, 3.63) is 23.8 Å². The first-order chi connectivity index (χ1) is 7.39. The van der Waals surface area contributed by atoms with E-state index in [2.05, 4.69) is 0 Å². The highest BCUT2D eigenvalue weighted by molar-refractivity contribution is 6.16. The van der Waals surface area contributed by atoms with Gasteiger partial charge < -0.3 is 0 Å². The molecule has 16 heavy (non-hydrogen) atoms. The van der Waals surface area contributed by atoms with Crippen molar-refractivity contribution in [2.75, 3.05) is 7.05 Å². The molecule has 82 valence electrons. The van der Waals surface area contributed by atoms with E-state index in [0.29, 0.717) is 5.01 Å². The van der Waals surface area contributed by atoms with Crippen molar-refractivity contribution in [2.45, 2.75) is 6.92 Å². The standard InChI is InChI=1S/C10H9N2O4/c1-6-5-9(15)12(2,10(6)16)11-7(13)3-4-8(11)14/h3-5H,1-2H3/q+1. The van der Waals surface area contributed by atoms with Gasteiger partial charge in [-0.15, -0.1) is 0 Å². The first-order valence-electron chi connectivity index (χ1n) is 4.60. The van der Waals surface area contributed by atoms with Crippen LogP contribution in [-0.4, -0.2) is 40.3 Å². The molecule has 2 rings (SSSR count). The zero-order chi connectivity index (χ0) is 12.1. The molecule has 0 saturated heterocycles. The summed E-state index contributed by atoms with van der Waals surface area (Å²) in [5.74, 6) is -2.46. The molecule has 1 atom stereocenters. The van der Waals surface area contributed by atoms with Gasteiger partial charge >= 0.3 is 23.6 Å². The van der Waals surface area contributed by atoms with Gasteiger partial charge in [-0.3, -0.25) is 9.59 Å². The number of rotatable bonds is 1. The van der Waals surface area contributed by atoms with Crippen molar-refractivity contribution in [3.8, 4) is 0 Å². The fourth-order valence-electron chi connectivity index (χ4n) is 1.79. The van der Waals surface area contributed by atoms with Gasteiger partial charge in [0.15, 0.2) is 0 Å². The third kappa shape index (κ3) is 1.04. The van der Waals surface area contributed by atoms with Gasteiger partial charge in [0.25, 0.3) is 0 Å². The minimum Gasteiger partial charge on any atom is -0.264 e. The van der Waals surface area contributed by atoms with Crippen molar-refractivity contribution < 1.29 is 23.8 Å². The summed E-state index contributed by atoms with van der Waals surface area (Å²) >= 11 is 0. The van der Waals surface area contributed by atoms with Crippen LogP contribution in [0.25, 0.3) is 0 Å². The molecule has 0 aromatic heterocycles. The van der Waals surface area contributed by atoms with E-state index in [1.165, 1.54) is 14.0 Å². The Morgan fingerprint density at radius 1 is 1.06 bits per heavy atom. The molecule has 0 aromatic carbocycles. The number of carbonyl (C=O) groups excluding carboxylic acids is 4. The van der Waals surface area contributed by atoms with E-state index in [-0.39, 0.29) is 5.57 Å². The van der Waals surface area contributed by atoms with E-state index >= 15 is 0 Å². The van der Waals surface area contributed by atoms with Crippen LogP contribution in [-0.2, 0) is 19.2 Å². The Labute approximate surface area is 91.0 Å². The largest absolute Gasteiger partial charge is 0.374 e. The molecule has 0 bridgehead atoms. The molecular formula is C10H9N2O4+. The average molecular weight is 221 g/mol. The van der Waals surface area contributed by atoms with Crippen LogP contribution in [0.3, 0.4) is 0 Å². The summed E-state index contributed by atoms with van der Waals surface area (Å²) in [6, 6.07) is 0. The first kappa shape index (κ1) is 10.4. The number of amides is 4. The molecule has 0 N–H and O–H groups in total. The molecule has 0 saturated carbocycles. The summed E-state index contributed by atoms with van der Waals surface area (Å²) in [5.41, 5.74) is 0.236. The number of hydrogen-bond acceptors (Lipinski definition) is 4. The predicted octanol–water partition coefficient (Wildman–Crippen LogP) is -0.714. The van der Waals surface area contributed by atoms with E-state index < -0.39 is 28.2 Å². The lowest BCUT2D eigenvalue weighted by Gasteiger charge is -2.29. The molecule has 0 radical (unpaired) electrons. The monoisotopic (exact) mass is 221 g/mol. The Balaban J connectivity index is 2.49. The predicted molar refractivity (Wildman–Crippen MR) is 50.9 cm³/mol. The summed E-state index contributed by atoms with van der Waals surface area (Å²) < 4.78 is -0.948. The highest BCUT2D eigenvalue weighted by Gasteiger charge is 2.56. The van der Waals surface area contributed by atoms with Gasteiger partial charge in [-0.2, -0.15) is 0 Å². The first-order valence-corrected chi connectivity index (χ1v) is 4.60. The van der Waals surface area contributed by atoms with Crippen LogP contribution in [0.15, 0.2) is 23.8 Å². The minimum absolute atomic E-state index is 0.236. The van der Waals surface area contributed by atoms with E-state index in [0.717, 1.165) is 18.2 Å². The maximum atomic E-state index is 11.8. The quantitative estimate of drug-likeness (QED) is 0.433. The number of nitrogens with zero attached hydrogens (tertiary/aromatic N) is 2. The van der Waals surface area contributed by atoms with Gasteiger partial charge in [0.05, 0.1) is 11.6 Å². The van der Waals surface area contributed by atoms with E-state index in [4.69, 9.17) is 0 Å². The molecule has 2 heterocycles. The maximum absolute atomic E-state index is 11.8. The lowest BCUT2D eigenvalue weighted by atomic mass is 10.3. The topological polar surface area (TPSA) is 71.5 Å². The Bertz CT molecular complexity index is 485. The molecular weight excluding hydrogens is 212 g/mol. The molecule has 0 aromatic rings. The van der Waals surface area contributed by atoms with Crippen LogP contribution in [0, 0.1) is 0 Å². The van der Waals surface area contributed by atoms with Crippen LogP contribution in [0.4, 0.5) is 0 Å². The molecule has 4 amide bonds. The van der Waals surface area contributed by atoms with Gasteiger partial charge in [0.1, 0.15) is 7.05 Å². The smallest absolute Gasteiger partial charge is 0.264 e. The lowest BCUT2D eigenvalue weighted by molar-refractivity contribution is -0.848. The summed E-state index contributed by atoms with van der Waals surface area (Å²) in [7, 11) is 1.24. The fraction of sp³-hybridized carbons (Fsp3) is 0.200. The zero-order valence-corrected chi connectivity index (χ0v) is 8.76. The number of carbonyl (C=O) groups is 4. The molecule has 6 heteroatoms. The van der Waals surface area contributed by atoms with Crippen molar-refractivity contribution in [1.82, 2.24) is 5.01 Å². The van der Waals surface area contributed by atoms with E-state index in [9.17, 15) is 19.2 Å². The number of likely N-dealkylation sites (N-methyl/N-ethyl adjacent to an activating group) is 1. The normalized spacial score (nSPS) is 29.4. The van der Waals surface area contributed by atoms with Crippen molar-refractivity contribution in [1.29, 1.82) is 0 Å². The van der Waals surface area contributed by atoms with Gasteiger partial charge in [-0.1, -0.05) is 9.60 Å². The zero-order valence-electron chi connectivity index (χ0n) is 8.76. The molecule has 6 nitrogen and oxygen atoms in total. The maximum Gasteiger partial charge on any atom is 0.374 e. The third-order valence-electron chi connectivity index (χ3n) is 2.69. The summed E-state index contributed by atoms with van der Waals surface area (Å²) in [4.78, 5) is 46.4. The molecule has 1 unspecified atom stereocenters. The highest BCUT2D eigenvalue weighted by atomic mass is 16.2. The Kier molecular flexibility index (Phi) is 1.93. The fourth-order valence-corrected chi connectivity index (χ4v) is 1.79. The third-order valence-corrected chi connectivity index (χ3v) is 2.69. The molecule has 2 aliphatic rings. The van der Waals surface area contributed by atoms with E-state index in [1.54, 1.807) is 0 Å². The van der Waals surface area contributed by atoms with E-state index in [1.807, 2.05) is 0 Å². The highest BCUT2D eigenvalue weighted by Crippen LogP contribution is 2.25. The molecule has 0 aliphatic carbocycles. The lowest BCUT2D eigenvalue weighted by Crippen LogP contribution is -2.63. The van der Waals surface area contributed by atoms with Gasteiger partial charge in [0, 0.05) is 12.2 Å². The Morgan fingerprint density at radius 3 is 1.94 bits per heavy atom. The number of hydrogen-bond donors (Lipinski definition) is 0. The van der Waals surface area contributed by atoms with Crippen molar-refractivity contribution in [3.63, 3.8) is 0 Å². The van der Waals surface area contributed by atoms with Gasteiger partial charge in [-0.05, 0) is 6.92 Å². The van der Waals surface area contributed by atoms with Gasteiger partial charge in [0.2, 0.25) is 0 Å². The molecule has 0 spiro atoms. The minimum atomic E-state index is -0.948. The van der Waals surface area contributed by atoms with Crippen LogP contribution in [0.5, 0.6) is 0 Å². The summed E-state index contributed by atoms with van der Waals surface area (Å²) in [6.45, 7) is 1.47. The van der Waals surface area contributed by atoms with Crippen molar-refractivity contribution >= 4 is 23.6 Å². The summed E-state index contributed by atoms with van der Waals surface area (Å²) in [5, 5.41) is 0.650.